The molecule has 4 fully saturated rings. The number of ether oxygens (including phenoxy) is 1. The molecular formula is C18H22ClNO2. The average molecular weight is 320 g/mol. The van der Waals surface area contributed by atoms with E-state index in [4.69, 9.17) is 16.3 Å². The first-order valence-corrected chi connectivity index (χ1v) is 8.53. The van der Waals surface area contributed by atoms with Crippen LogP contribution in [0.2, 0.25) is 0 Å². The fourth-order valence-corrected chi connectivity index (χ4v) is 6.11. The van der Waals surface area contributed by atoms with Crippen molar-refractivity contribution >= 4 is 23.2 Å². The van der Waals surface area contributed by atoms with E-state index in [2.05, 4.69) is 5.32 Å². The van der Waals surface area contributed by atoms with E-state index in [9.17, 15) is 4.79 Å². The van der Waals surface area contributed by atoms with E-state index < -0.39 is 0 Å². The van der Waals surface area contributed by atoms with E-state index in [1.54, 1.807) is 7.11 Å². The summed E-state index contributed by atoms with van der Waals surface area (Å²) in [5.41, 5.74) is 0.488. The maximum Gasteiger partial charge on any atom is 0.230 e. The lowest BCUT2D eigenvalue weighted by Gasteiger charge is -2.59. The number of rotatable bonds is 3. The number of benzene rings is 1. The van der Waals surface area contributed by atoms with Crippen LogP contribution in [0.1, 0.15) is 38.5 Å². The molecule has 1 aromatic rings. The number of hydrogen-bond donors (Lipinski definition) is 1. The largest absolute Gasteiger partial charge is 0.495 e. The lowest BCUT2D eigenvalue weighted by atomic mass is 9.49. The summed E-state index contributed by atoms with van der Waals surface area (Å²) in [7, 11) is 1.63. The Morgan fingerprint density at radius 2 is 1.91 bits per heavy atom. The van der Waals surface area contributed by atoms with E-state index >= 15 is 0 Å². The Labute approximate surface area is 136 Å². The number of carbonyl (C=O) groups is 1. The number of anilines is 1. The standard InChI is InChI=1S/C18H22ClNO2/c1-22-15-5-3-2-4-14(15)20-16(21)17-7-12-6-13(8-17)10-18(19,9-12)11-17/h2-5,12-13H,6-11H2,1H3,(H,20,21)/t12-,13+,17?,18?. The molecule has 2 unspecified atom stereocenters. The zero-order chi connectivity index (χ0) is 15.4. The SMILES string of the molecule is COc1ccccc1NC(=O)C12C[C@@H]3C[C@@H](CC(Cl)(C3)C1)C2. The summed E-state index contributed by atoms with van der Waals surface area (Å²) in [5, 5.41) is 3.11. The van der Waals surface area contributed by atoms with Crippen molar-refractivity contribution in [3.8, 4) is 5.75 Å². The molecule has 0 radical (unpaired) electrons. The second-order valence-electron chi connectivity index (χ2n) is 7.55. The number of amides is 1. The number of para-hydroxylation sites is 2. The molecule has 0 heterocycles. The summed E-state index contributed by atoms with van der Waals surface area (Å²) < 4.78 is 5.34. The number of methoxy groups -OCH3 is 1. The van der Waals surface area contributed by atoms with Gasteiger partial charge in [0.1, 0.15) is 5.75 Å². The average Bonchev–Trinajstić information content (AvgIpc) is 2.45. The van der Waals surface area contributed by atoms with Gasteiger partial charge < -0.3 is 10.1 Å². The predicted octanol–water partition coefficient (Wildman–Crippen LogP) is 4.21. The monoisotopic (exact) mass is 319 g/mol. The van der Waals surface area contributed by atoms with Gasteiger partial charge in [0.25, 0.3) is 0 Å². The zero-order valence-electron chi connectivity index (χ0n) is 12.9. The Morgan fingerprint density at radius 3 is 2.55 bits per heavy atom. The van der Waals surface area contributed by atoms with Crippen LogP contribution in [0.3, 0.4) is 0 Å². The molecule has 4 bridgehead atoms. The first-order chi connectivity index (χ1) is 10.5. The quantitative estimate of drug-likeness (QED) is 0.847. The number of halogens is 1. The van der Waals surface area contributed by atoms with Gasteiger partial charge in [0.15, 0.2) is 0 Å². The minimum Gasteiger partial charge on any atom is -0.495 e. The van der Waals surface area contributed by atoms with Gasteiger partial charge in [0.2, 0.25) is 5.91 Å². The van der Waals surface area contributed by atoms with Gasteiger partial charge >= 0.3 is 0 Å². The molecule has 0 spiro atoms. The number of nitrogens with one attached hydrogen (secondary N) is 1. The van der Waals surface area contributed by atoms with Gasteiger partial charge in [-0.2, -0.15) is 0 Å². The minimum atomic E-state index is -0.271. The van der Waals surface area contributed by atoms with Gasteiger partial charge in [-0.05, 0) is 62.5 Å². The van der Waals surface area contributed by atoms with Gasteiger partial charge in [-0.1, -0.05) is 12.1 Å². The van der Waals surface area contributed by atoms with Crippen LogP contribution >= 0.6 is 11.6 Å². The molecule has 4 heteroatoms. The molecule has 4 saturated carbocycles. The molecule has 0 aromatic heterocycles. The Hall–Kier alpha value is -1.22. The van der Waals surface area contributed by atoms with Gasteiger partial charge in [0, 0.05) is 4.87 Å². The molecule has 1 N–H and O–H groups in total. The lowest BCUT2D eigenvalue weighted by Crippen LogP contribution is -2.57. The normalized spacial score (nSPS) is 38.8. The number of carbonyl (C=O) groups excluding carboxylic acids is 1. The van der Waals surface area contributed by atoms with Crippen molar-refractivity contribution in [2.45, 2.75) is 43.4 Å². The topological polar surface area (TPSA) is 38.3 Å². The van der Waals surface area contributed by atoms with Crippen LogP contribution in [0.4, 0.5) is 5.69 Å². The van der Waals surface area contributed by atoms with Crippen LogP contribution in [-0.4, -0.2) is 17.9 Å². The molecule has 4 aliphatic rings. The molecule has 4 aliphatic carbocycles. The van der Waals surface area contributed by atoms with E-state index in [1.165, 1.54) is 6.42 Å². The Balaban J connectivity index is 1.60. The van der Waals surface area contributed by atoms with Gasteiger partial charge in [0.05, 0.1) is 18.2 Å². The summed E-state index contributed by atoms with van der Waals surface area (Å²) >= 11 is 6.82. The molecule has 22 heavy (non-hydrogen) atoms. The molecule has 0 aliphatic heterocycles. The van der Waals surface area contributed by atoms with Crippen molar-refractivity contribution in [3.63, 3.8) is 0 Å². The van der Waals surface area contributed by atoms with Crippen molar-refractivity contribution in [2.24, 2.45) is 17.3 Å². The summed E-state index contributed by atoms with van der Waals surface area (Å²) in [6.45, 7) is 0. The van der Waals surface area contributed by atoms with Crippen LogP contribution < -0.4 is 10.1 Å². The second kappa shape index (κ2) is 4.89. The van der Waals surface area contributed by atoms with E-state index in [1.807, 2.05) is 24.3 Å². The third kappa shape index (κ3) is 2.21. The highest BCUT2D eigenvalue weighted by atomic mass is 35.5. The van der Waals surface area contributed by atoms with Crippen molar-refractivity contribution in [1.82, 2.24) is 0 Å². The molecule has 1 aromatic carbocycles. The Kier molecular flexibility index (Phi) is 3.19. The summed E-state index contributed by atoms with van der Waals surface area (Å²) in [6, 6.07) is 7.60. The molecule has 118 valence electrons. The summed E-state index contributed by atoms with van der Waals surface area (Å²) in [6.07, 6.45) is 6.27. The van der Waals surface area contributed by atoms with E-state index in [0.717, 1.165) is 37.8 Å². The maximum atomic E-state index is 13.1. The molecular weight excluding hydrogens is 298 g/mol. The van der Waals surface area contributed by atoms with Crippen LogP contribution in [0.25, 0.3) is 0 Å². The van der Waals surface area contributed by atoms with Crippen LogP contribution in [0.15, 0.2) is 24.3 Å². The van der Waals surface area contributed by atoms with Crippen LogP contribution in [0, 0.1) is 17.3 Å². The smallest absolute Gasteiger partial charge is 0.230 e. The fourth-order valence-electron chi connectivity index (χ4n) is 5.42. The first kappa shape index (κ1) is 14.4. The second-order valence-corrected chi connectivity index (χ2v) is 8.35. The van der Waals surface area contributed by atoms with Crippen molar-refractivity contribution in [3.05, 3.63) is 24.3 Å². The van der Waals surface area contributed by atoms with Gasteiger partial charge in [-0.15, -0.1) is 11.6 Å². The third-order valence-corrected chi connectivity index (χ3v) is 6.27. The van der Waals surface area contributed by atoms with Gasteiger partial charge in [-0.25, -0.2) is 0 Å². The molecule has 0 saturated heterocycles. The summed E-state index contributed by atoms with van der Waals surface area (Å²) in [5.74, 6) is 2.10. The Bertz CT molecular complexity index is 601. The maximum absolute atomic E-state index is 13.1. The van der Waals surface area contributed by atoms with Crippen molar-refractivity contribution in [1.29, 1.82) is 0 Å². The predicted molar refractivity (Wildman–Crippen MR) is 87.3 cm³/mol. The number of alkyl halides is 1. The third-order valence-electron chi connectivity index (χ3n) is 5.83. The number of hydrogen-bond acceptors (Lipinski definition) is 2. The zero-order valence-corrected chi connectivity index (χ0v) is 13.7. The minimum absolute atomic E-state index is 0.135. The van der Waals surface area contributed by atoms with Crippen molar-refractivity contribution < 1.29 is 9.53 Å². The van der Waals surface area contributed by atoms with E-state index in [-0.39, 0.29) is 16.2 Å². The summed E-state index contributed by atoms with van der Waals surface area (Å²) in [4.78, 5) is 12.9. The van der Waals surface area contributed by atoms with Crippen LogP contribution in [-0.2, 0) is 4.79 Å². The molecule has 3 nitrogen and oxygen atoms in total. The first-order valence-electron chi connectivity index (χ1n) is 8.15. The highest BCUT2D eigenvalue weighted by Crippen LogP contribution is 2.64. The lowest BCUT2D eigenvalue weighted by molar-refractivity contribution is -0.138. The molecule has 5 rings (SSSR count). The highest BCUT2D eigenvalue weighted by molar-refractivity contribution is 6.24. The Morgan fingerprint density at radius 1 is 1.23 bits per heavy atom. The van der Waals surface area contributed by atoms with Crippen molar-refractivity contribution in [2.75, 3.05) is 12.4 Å². The fraction of sp³-hybridized carbons (Fsp3) is 0.611. The van der Waals surface area contributed by atoms with Crippen LogP contribution in [0.5, 0.6) is 5.75 Å². The molecule has 4 atom stereocenters. The molecule has 1 amide bonds. The van der Waals surface area contributed by atoms with Gasteiger partial charge in [-0.3, -0.25) is 4.79 Å². The van der Waals surface area contributed by atoms with E-state index in [0.29, 0.717) is 17.6 Å². The highest BCUT2D eigenvalue weighted by Gasteiger charge is 2.60.